The molecule has 0 bridgehead atoms. The molecule has 0 heterocycles. The van der Waals surface area contributed by atoms with E-state index in [0.717, 1.165) is 30.2 Å². The highest BCUT2D eigenvalue weighted by atomic mass is 19.4. The summed E-state index contributed by atoms with van der Waals surface area (Å²) in [6.45, 7) is 2.95. The molecule has 0 aliphatic heterocycles. The van der Waals surface area contributed by atoms with Crippen LogP contribution < -0.4 is 5.32 Å². The van der Waals surface area contributed by atoms with Crippen LogP contribution in [0.15, 0.2) is 24.3 Å². The van der Waals surface area contributed by atoms with E-state index in [4.69, 9.17) is 0 Å². The van der Waals surface area contributed by atoms with Gasteiger partial charge >= 0.3 is 6.18 Å². The summed E-state index contributed by atoms with van der Waals surface area (Å²) in [7, 11) is 0. The Morgan fingerprint density at radius 1 is 1.22 bits per heavy atom. The van der Waals surface area contributed by atoms with Crippen LogP contribution in [0.2, 0.25) is 0 Å². The van der Waals surface area contributed by atoms with Gasteiger partial charge in [0.15, 0.2) is 0 Å². The highest BCUT2D eigenvalue weighted by Crippen LogP contribution is 2.30. The van der Waals surface area contributed by atoms with Crippen molar-refractivity contribution in [3.63, 3.8) is 0 Å². The van der Waals surface area contributed by atoms with Crippen molar-refractivity contribution in [1.29, 1.82) is 0 Å². The Balaban J connectivity index is 1.91. The Kier molecular flexibility index (Phi) is 3.95. The second-order valence-corrected chi connectivity index (χ2v) is 5.05. The largest absolute Gasteiger partial charge is 0.416 e. The Morgan fingerprint density at radius 3 is 2.28 bits per heavy atom. The first-order valence-electron chi connectivity index (χ1n) is 6.37. The van der Waals surface area contributed by atoms with E-state index in [2.05, 4.69) is 5.32 Å². The summed E-state index contributed by atoms with van der Waals surface area (Å²) >= 11 is 0. The maximum atomic E-state index is 12.4. The maximum absolute atomic E-state index is 12.4. The van der Waals surface area contributed by atoms with Crippen molar-refractivity contribution in [3.8, 4) is 0 Å². The standard InChI is InChI=1S/C14H18F3N/c1-10(18-9-11-3-2-4-11)12-5-7-13(8-6-12)14(15,16)17/h5-8,10-11,18H,2-4,9H2,1H3. The molecule has 0 radical (unpaired) electrons. The molecule has 0 amide bonds. The zero-order valence-corrected chi connectivity index (χ0v) is 10.4. The van der Waals surface area contributed by atoms with Crippen molar-refractivity contribution in [3.05, 3.63) is 35.4 Å². The minimum Gasteiger partial charge on any atom is -0.310 e. The van der Waals surface area contributed by atoms with Crippen LogP contribution in [-0.2, 0) is 6.18 Å². The molecule has 1 fully saturated rings. The van der Waals surface area contributed by atoms with Crippen LogP contribution in [0.1, 0.15) is 43.4 Å². The third kappa shape index (κ3) is 3.25. The summed E-state index contributed by atoms with van der Waals surface area (Å²) in [5.74, 6) is 0.752. The lowest BCUT2D eigenvalue weighted by molar-refractivity contribution is -0.137. The minimum absolute atomic E-state index is 0.105. The smallest absolute Gasteiger partial charge is 0.310 e. The lowest BCUT2D eigenvalue weighted by Crippen LogP contribution is -2.29. The Labute approximate surface area is 105 Å². The topological polar surface area (TPSA) is 12.0 Å². The van der Waals surface area contributed by atoms with E-state index >= 15 is 0 Å². The molecule has 1 aromatic carbocycles. The van der Waals surface area contributed by atoms with Gasteiger partial charge in [0.05, 0.1) is 5.56 Å². The van der Waals surface area contributed by atoms with E-state index < -0.39 is 11.7 Å². The summed E-state index contributed by atoms with van der Waals surface area (Å²) in [5.41, 5.74) is 0.319. The molecule has 1 aliphatic carbocycles. The maximum Gasteiger partial charge on any atom is 0.416 e. The fraction of sp³-hybridized carbons (Fsp3) is 0.571. The van der Waals surface area contributed by atoms with Crippen LogP contribution in [0.5, 0.6) is 0 Å². The average Bonchev–Trinajstić information content (AvgIpc) is 2.26. The summed E-state index contributed by atoms with van der Waals surface area (Å²) in [5, 5.41) is 3.38. The van der Waals surface area contributed by atoms with Gasteiger partial charge in [-0.15, -0.1) is 0 Å². The van der Waals surface area contributed by atoms with Gasteiger partial charge in [0.2, 0.25) is 0 Å². The summed E-state index contributed by atoms with van der Waals surface area (Å²) in [4.78, 5) is 0. The van der Waals surface area contributed by atoms with Crippen LogP contribution in [0.3, 0.4) is 0 Å². The predicted molar refractivity (Wildman–Crippen MR) is 65.2 cm³/mol. The van der Waals surface area contributed by atoms with Gasteiger partial charge in [-0.3, -0.25) is 0 Å². The molecule has 1 atom stereocenters. The number of halogens is 3. The zero-order chi connectivity index (χ0) is 13.2. The molecule has 1 nitrogen and oxygen atoms in total. The lowest BCUT2D eigenvalue weighted by Gasteiger charge is -2.27. The lowest BCUT2D eigenvalue weighted by atomic mass is 9.85. The van der Waals surface area contributed by atoms with Gasteiger partial charge < -0.3 is 5.32 Å². The van der Waals surface area contributed by atoms with E-state index in [1.165, 1.54) is 19.3 Å². The average molecular weight is 257 g/mol. The van der Waals surface area contributed by atoms with Gasteiger partial charge in [0.25, 0.3) is 0 Å². The van der Waals surface area contributed by atoms with Crippen molar-refractivity contribution in [2.45, 2.75) is 38.4 Å². The number of nitrogens with one attached hydrogen (secondary N) is 1. The summed E-state index contributed by atoms with van der Waals surface area (Å²) in [6, 6.07) is 5.52. The van der Waals surface area contributed by atoms with E-state index in [1.54, 1.807) is 12.1 Å². The fourth-order valence-corrected chi connectivity index (χ4v) is 2.12. The van der Waals surface area contributed by atoms with E-state index in [-0.39, 0.29) is 6.04 Å². The van der Waals surface area contributed by atoms with Crippen molar-refractivity contribution in [1.82, 2.24) is 5.32 Å². The third-order valence-corrected chi connectivity index (χ3v) is 3.68. The molecule has 100 valence electrons. The minimum atomic E-state index is -4.25. The molecule has 2 rings (SSSR count). The molecular formula is C14H18F3N. The molecule has 0 spiro atoms. The first-order valence-corrected chi connectivity index (χ1v) is 6.37. The molecule has 18 heavy (non-hydrogen) atoms. The first-order chi connectivity index (χ1) is 8.47. The molecule has 0 aromatic heterocycles. The van der Waals surface area contributed by atoms with Crippen LogP contribution in [0, 0.1) is 5.92 Å². The highest BCUT2D eigenvalue weighted by Gasteiger charge is 2.30. The fourth-order valence-electron chi connectivity index (χ4n) is 2.12. The van der Waals surface area contributed by atoms with E-state index in [0.29, 0.717) is 0 Å². The second kappa shape index (κ2) is 5.31. The van der Waals surface area contributed by atoms with Gasteiger partial charge in [-0.05, 0) is 49.9 Å². The number of benzene rings is 1. The Morgan fingerprint density at radius 2 is 1.83 bits per heavy atom. The normalized spacial score (nSPS) is 18.4. The van der Waals surface area contributed by atoms with Crippen LogP contribution >= 0.6 is 0 Å². The summed E-state index contributed by atoms with van der Waals surface area (Å²) < 4.78 is 37.2. The highest BCUT2D eigenvalue weighted by molar-refractivity contribution is 5.26. The quantitative estimate of drug-likeness (QED) is 0.854. The van der Waals surface area contributed by atoms with Crippen LogP contribution in [-0.4, -0.2) is 6.54 Å². The summed E-state index contributed by atoms with van der Waals surface area (Å²) in [6.07, 6.45) is -0.401. The second-order valence-electron chi connectivity index (χ2n) is 5.05. The number of hydrogen-bond acceptors (Lipinski definition) is 1. The van der Waals surface area contributed by atoms with E-state index in [1.807, 2.05) is 6.92 Å². The SMILES string of the molecule is CC(NCC1CCC1)c1ccc(C(F)(F)F)cc1. The first kappa shape index (κ1) is 13.4. The molecule has 1 aromatic rings. The van der Waals surface area contributed by atoms with Gasteiger partial charge in [-0.25, -0.2) is 0 Å². The molecule has 1 unspecified atom stereocenters. The van der Waals surface area contributed by atoms with E-state index in [9.17, 15) is 13.2 Å². The van der Waals surface area contributed by atoms with Crippen molar-refractivity contribution in [2.24, 2.45) is 5.92 Å². The van der Waals surface area contributed by atoms with Gasteiger partial charge in [-0.1, -0.05) is 18.6 Å². The monoisotopic (exact) mass is 257 g/mol. The number of rotatable bonds is 4. The molecular weight excluding hydrogens is 239 g/mol. The molecule has 1 N–H and O–H groups in total. The van der Waals surface area contributed by atoms with Crippen molar-refractivity contribution < 1.29 is 13.2 Å². The van der Waals surface area contributed by atoms with Crippen LogP contribution in [0.25, 0.3) is 0 Å². The van der Waals surface area contributed by atoms with Gasteiger partial charge in [0.1, 0.15) is 0 Å². The molecule has 1 aliphatic rings. The zero-order valence-electron chi connectivity index (χ0n) is 10.4. The Hall–Kier alpha value is -1.03. The van der Waals surface area contributed by atoms with Crippen molar-refractivity contribution >= 4 is 0 Å². The number of hydrogen-bond donors (Lipinski definition) is 1. The van der Waals surface area contributed by atoms with Crippen molar-refractivity contribution in [2.75, 3.05) is 6.54 Å². The molecule has 4 heteroatoms. The van der Waals surface area contributed by atoms with Gasteiger partial charge in [-0.2, -0.15) is 13.2 Å². The third-order valence-electron chi connectivity index (χ3n) is 3.68. The molecule has 0 saturated heterocycles. The molecule has 1 saturated carbocycles. The number of alkyl halides is 3. The Bertz CT molecular complexity index is 379. The van der Waals surface area contributed by atoms with Gasteiger partial charge in [0, 0.05) is 6.04 Å². The predicted octanol–water partition coefficient (Wildman–Crippen LogP) is 4.16. The van der Waals surface area contributed by atoms with Crippen LogP contribution in [0.4, 0.5) is 13.2 Å².